The van der Waals surface area contributed by atoms with Crippen LogP contribution in [0.25, 0.3) is 17.2 Å². The van der Waals surface area contributed by atoms with Gasteiger partial charge in [-0.3, -0.25) is 4.79 Å². The van der Waals surface area contributed by atoms with Crippen molar-refractivity contribution in [3.63, 3.8) is 0 Å². The number of aromatic nitrogens is 1. The van der Waals surface area contributed by atoms with Crippen molar-refractivity contribution in [2.75, 3.05) is 12.4 Å². The summed E-state index contributed by atoms with van der Waals surface area (Å²) in [5, 5.41) is 2.73. The number of nitrogens with zero attached hydrogens (tertiary/aromatic N) is 1. The summed E-state index contributed by atoms with van der Waals surface area (Å²) in [6, 6.07) is 12.3. The van der Waals surface area contributed by atoms with Crippen molar-refractivity contribution >= 4 is 34.7 Å². The minimum Gasteiger partial charge on any atom is -0.465 e. The van der Waals surface area contributed by atoms with Crippen LogP contribution < -0.4 is 5.32 Å². The van der Waals surface area contributed by atoms with Crippen LogP contribution in [-0.2, 0) is 9.53 Å². The molecule has 3 rings (SSSR count). The van der Waals surface area contributed by atoms with Crippen LogP contribution in [0.15, 0.2) is 53.0 Å². The van der Waals surface area contributed by atoms with Gasteiger partial charge in [0.15, 0.2) is 5.58 Å². The lowest BCUT2D eigenvalue weighted by molar-refractivity contribution is -0.111. The van der Waals surface area contributed by atoms with Gasteiger partial charge in [-0.2, -0.15) is 0 Å². The number of rotatable bonds is 4. The maximum Gasteiger partial charge on any atom is 0.337 e. The Morgan fingerprint density at radius 3 is 2.76 bits per heavy atom. The third-order valence-corrected chi connectivity index (χ3v) is 3.60. The van der Waals surface area contributed by atoms with E-state index in [1.54, 1.807) is 24.3 Å². The van der Waals surface area contributed by atoms with E-state index in [2.05, 4.69) is 15.0 Å². The first-order valence-corrected chi connectivity index (χ1v) is 7.60. The zero-order chi connectivity index (χ0) is 17.8. The second kappa shape index (κ2) is 7.00. The molecule has 0 aliphatic heterocycles. The quantitative estimate of drug-likeness (QED) is 0.582. The molecule has 0 fully saturated rings. The Morgan fingerprint density at radius 2 is 2.00 bits per heavy atom. The third-order valence-electron chi connectivity index (χ3n) is 3.60. The van der Waals surface area contributed by atoms with Crippen molar-refractivity contribution in [3.8, 4) is 0 Å². The van der Waals surface area contributed by atoms with Gasteiger partial charge in [0.05, 0.1) is 12.7 Å². The number of para-hydroxylation sites is 2. The van der Waals surface area contributed by atoms with Crippen LogP contribution in [-0.4, -0.2) is 24.0 Å². The lowest BCUT2D eigenvalue weighted by atomic mass is 10.1. The molecule has 0 saturated carbocycles. The predicted octanol–water partition coefficient (Wildman–Crippen LogP) is 3.57. The van der Waals surface area contributed by atoms with Crippen LogP contribution in [0.4, 0.5) is 5.69 Å². The fraction of sp³-hybridized carbons (Fsp3) is 0.105. The number of hydrogen-bond donors (Lipinski definition) is 1. The first kappa shape index (κ1) is 16.4. The molecule has 1 aromatic heterocycles. The van der Waals surface area contributed by atoms with Crippen LogP contribution in [0.2, 0.25) is 0 Å². The fourth-order valence-electron chi connectivity index (χ4n) is 2.28. The average molecular weight is 336 g/mol. The van der Waals surface area contributed by atoms with E-state index >= 15 is 0 Å². The number of fused-ring (bicyclic) bond motifs is 1. The van der Waals surface area contributed by atoms with E-state index in [-0.39, 0.29) is 5.91 Å². The zero-order valence-corrected chi connectivity index (χ0v) is 13.8. The van der Waals surface area contributed by atoms with E-state index < -0.39 is 5.97 Å². The maximum absolute atomic E-state index is 12.1. The second-order valence-corrected chi connectivity index (χ2v) is 5.36. The topological polar surface area (TPSA) is 81.4 Å². The number of nitrogens with one attached hydrogen (secondary N) is 1. The van der Waals surface area contributed by atoms with Crippen molar-refractivity contribution < 1.29 is 18.7 Å². The van der Waals surface area contributed by atoms with E-state index in [1.807, 2.05) is 25.1 Å². The number of methoxy groups -OCH3 is 1. The summed E-state index contributed by atoms with van der Waals surface area (Å²) in [6.07, 6.45) is 2.82. The highest BCUT2D eigenvalue weighted by Gasteiger charge is 2.09. The van der Waals surface area contributed by atoms with Crippen LogP contribution in [0, 0.1) is 6.92 Å². The van der Waals surface area contributed by atoms with Crippen molar-refractivity contribution in [3.05, 3.63) is 65.6 Å². The molecule has 6 nitrogen and oxygen atoms in total. The molecule has 0 aliphatic carbocycles. The van der Waals surface area contributed by atoms with Crippen LogP contribution in [0.5, 0.6) is 0 Å². The summed E-state index contributed by atoms with van der Waals surface area (Å²) >= 11 is 0. The van der Waals surface area contributed by atoms with Gasteiger partial charge in [0, 0.05) is 17.8 Å². The van der Waals surface area contributed by atoms with Crippen LogP contribution in [0.3, 0.4) is 0 Å². The Balaban J connectivity index is 1.74. The number of aryl methyl sites for hydroxylation is 1. The SMILES string of the molecule is COC(=O)c1ccc(C)c(NC(=O)C=Cc2nc3ccccc3o2)c1. The molecular formula is C19H16N2O4. The summed E-state index contributed by atoms with van der Waals surface area (Å²) in [5.74, 6) is -0.471. The highest BCUT2D eigenvalue weighted by molar-refractivity contribution is 6.03. The number of ether oxygens (including phenoxy) is 1. The number of amides is 1. The summed E-state index contributed by atoms with van der Waals surface area (Å²) in [5.41, 5.74) is 3.12. The van der Waals surface area contributed by atoms with Gasteiger partial charge in [-0.1, -0.05) is 18.2 Å². The summed E-state index contributed by atoms with van der Waals surface area (Å²) in [6.45, 7) is 1.83. The summed E-state index contributed by atoms with van der Waals surface area (Å²) in [7, 11) is 1.31. The van der Waals surface area contributed by atoms with Crippen molar-refractivity contribution in [1.29, 1.82) is 0 Å². The molecular weight excluding hydrogens is 320 g/mol. The average Bonchev–Trinajstić information content (AvgIpc) is 3.04. The number of oxazole rings is 1. The number of benzene rings is 2. The Kier molecular flexibility index (Phi) is 4.61. The second-order valence-electron chi connectivity index (χ2n) is 5.36. The molecule has 0 saturated heterocycles. The maximum atomic E-state index is 12.1. The van der Waals surface area contributed by atoms with Gasteiger partial charge in [0.2, 0.25) is 11.8 Å². The molecule has 0 unspecified atom stereocenters. The first-order valence-electron chi connectivity index (χ1n) is 7.60. The van der Waals surface area contributed by atoms with Crippen molar-refractivity contribution in [1.82, 2.24) is 4.98 Å². The molecule has 126 valence electrons. The molecule has 25 heavy (non-hydrogen) atoms. The van der Waals surface area contributed by atoms with Gasteiger partial charge in [0.1, 0.15) is 5.52 Å². The molecule has 1 amide bonds. The van der Waals surface area contributed by atoms with Gasteiger partial charge < -0.3 is 14.5 Å². The zero-order valence-electron chi connectivity index (χ0n) is 13.8. The van der Waals surface area contributed by atoms with E-state index in [9.17, 15) is 9.59 Å². The van der Waals surface area contributed by atoms with Crippen LogP contribution in [0.1, 0.15) is 21.8 Å². The number of carbonyl (C=O) groups excluding carboxylic acids is 2. The van der Waals surface area contributed by atoms with E-state index in [0.29, 0.717) is 22.7 Å². The lowest BCUT2D eigenvalue weighted by Crippen LogP contribution is -2.10. The molecule has 2 aromatic carbocycles. The molecule has 3 aromatic rings. The number of hydrogen-bond acceptors (Lipinski definition) is 5. The van der Waals surface area contributed by atoms with E-state index in [4.69, 9.17) is 4.42 Å². The first-order chi connectivity index (χ1) is 12.1. The Hall–Kier alpha value is -3.41. The molecule has 0 atom stereocenters. The molecule has 0 aliphatic rings. The monoisotopic (exact) mass is 336 g/mol. The van der Waals surface area contributed by atoms with E-state index in [0.717, 1.165) is 11.1 Å². The minimum atomic E-state index is -0.461. The number of anilines is 1. The van der Waals surface area contributed by atoms with E-state index in [1.165, 1.54) is 19.3 Å². The van der Waals surface area contributed by atoms with Crippen molar-refractivity contribution in [2.45, 2.75) is 6.92 Å². The molecule has 1 N–H and O–H groups in total. The molecule has 0 spiro atoms. The Bertz CT molecular complexity index is 939. The number of esters is 1. The molecule has 0 radical (unpaired) electrons. The lowest BCUT2D eigenvalue weighted by Gasteiger charge is -2.08. The van der Waals surface area contributed by atoms with Gasteiger partial charge in [-0.05, 0) is 36.8 Å². The normalized spacial score (nSPS) is 11.0. The van der Waals surface area contributed by atoms with Gasteiger partial charge in [-0.15, -0.1) is 0 Å². The van der Waals surface area contributed by atoms with Crippen LogP contribution >= 0.6 is 0 Å². The molecule has 1 heterocycles. The van der Waals surface area contributed by atoms with Gasteiger partial charge in [0.25, 0.3) is 0 Å². The Morgan fingerprint density at radius 1 is 1.20 bits per heavy atom. The van der Waals surface area contributed by atoms with Crippen molar-refractivity contribution in [2.24, 2.45) is 0 Å². The third kappa shape index (κ3) is 3.74. The fourth-order valence-corrected chi connectivity index (χ4v) is 2.28. The number of carbonyl (C=O) groups is 2. The highest BCUT2D eigenvalue weighted by atomic mass is 16.5. The van der Waals surface area contributed by atoms with Gasteiger partial charge in [-0.25, -0.2) is 9.78 Å². The molecule has 6 heteroatoms. The predicted molar refractivity (Wildman–Crippen MR) is 94.2 cm³/mol. The highest BCUT2D eigenvalue weighted by Crippen LogP contribution is 2.18. The van der Waals surface area contributed by atoms with Gasteiger partial charge >= 0.3 is 5.97 Å². The summed E-state index contributed by atoms with van der Waals surface area (Å²) in [4.78, 5) is 28.0. The minimum absolute atomic E-state index is 0.344. The summed E-state index contributed by atoms with van der Waals surface area (Å²) < 4.78 is 10.2. The largest absolute Gasteiger partial charge is 0.465 e. The smallest absolute Gasteiger partial charge is 0.337 e. The standard InChI is InChI=1S/C19H16N2O4/c1-12-7-8-13(19(23)24-2)11-15(12)20-17(22)9-10-18-21-14-5-3-4-6-16(14)25-18/h3-11H,1-2H3,(H,20,22). The Labute approximate surface area is 144 Å². The molecule has 0 bridgehead atoms.